The molecule has 0 aromatic rings. The van der Waals surface area contributed by atoms with Crippen molar-refractivity contribution in [1.29, 1.82) is 0 Å². The Morgan fingerprint density at radius 2 is 1.32 bits per heavy atom. The first-order chi connectivity index (χ1) is 8.84. The highest BCUT2D eigenvalue weighted by molar-refractivity contribution is 6.01. The van der Waals surface area contributed by atoms with E-state index in [9.17, 15) is 19.2 Å². The van der Waals surface area contributed by atoms with Crippen LogP contribution in [0.4, 0.5) is 0 Å². The van der Waals surface area contributed by atoms with Crippen LogP contribution in [0.5, 0.6) is 0 Å². The number of hydrogen-bond acceptors (Lipinski definition) is 6. The van der Waals surface area contributed by atoms with Gasteiger partial charge in [0.2, 0.25) is 0 Å². The summed E-state index contributed by atoms with van der Waals surface area (Å²) in [5, 5.41) is 0. The SMILES string of the molecule is CCOC(=O)C(C(=O)OCC)C(CC(C)=O)C(C)=O. The van der Waals surface area contributed by atoms with Crippen molar-refractivity contribution < 1.29 is 28.7 Å². The van der Waals surface area contributed by atoms with Gasteiger partial charge < -0.3 is 14.3 Å². The van der Waals surface area contributed by atoms with Crippen LogP contribution in [-0.2, 0) is 28.7 Å². The summed E-state index contributed by atoms with van der Waals surface area (Å²) in [6.45, 7) is 5.88. The molecule has 0 aliphatic rings. The first kappa shape index (κ1) is 17.3. The fraction of sp³-hybridized carbons (Fsp3) is 0.692. The van der Waals surface area contributed by atoms with E-state index in [1.165, 1.54) is 13.8 Å². The Kier molecular flexibility index (Phi) is 7.63. The number of carbonyl (C=O) groups excluding carboxylic acids is 4. The van der Waals surface area contributed by atoms with Crippen LogP contribution in [0, 0.1) is 11.8 Å². The maximum atomic E-state index is 11.8. The van der Waals surface area contributed by atoms with E-state index in [-0.39, 0.29) is 25.4 Å². The average Bonchev–Trinajstić information content (AvgIpc) is 2.28. The molecular weight excluding hydrogens is 252 g/mol. The summed E-state index contributed by atoms with van der Waals surface area (Å²) in [6.07, 6.45) is -0.183. The van der Waals surface area contributed by atoms with Gasteiger partial charge in [-0.2, -0.15) is 0 Å². The number of carbonyl (C=O) groups is 4. The maximum Gasteiger partial charge on any atom is 0.321 e. The van der Waals surface area contributed by atoms with E-state index < -0.39 is 29.6 Å². The van der Waals surface area contributed by atoms with Gasteiger partial charge in [0.15, 0.2) is 5.92 Å². The number of ether oxygens (including phenoxy) is 2. The molecule has 0 bridgehead atoms. The highest BCUT2D eigenvalue weighted by Crippen LogP contribution is 2.21. The lowest BCUT2D eigenvalue weighted by Crippen LogP contribution is -2.38. The topological polar surface area (TPSA) is 86.7 Å². The van der Waals surface area contributed by atoms with Crippen molar-refractivity contribution in [3.05, 3.63) is 0 Å². The van der Waals surface area contributed by atoms with E-state index in [4.69, 9.17) is 9.47 Å². The minimum Gasteiger partial charge on any atom is -0.465 e. The predicted octanol–water partition coefficient (Wildman–Crippen LogP) is 0.913. The molecule has 0 saturated heterocycles. The molecule has 0 aliphatic carbocycles. The van der Waals surface area contributed by atoms with Gasteiger partial charge in [0.25, 0.3) is 0 Å². The molecule has 0 aliphatic heterocycles. The summed E-state index contributed by atoms with van der Waals surface area (Å²) < 4.78 is 9.56. The van der Waals surface area contributed by atoms with E-state index >= 15 is 0 Å². The molecular formula is C13H20O6. The van der Waals surface area contributed by atoms with Gasteiger partial charge in [-0.25, -0.2) is 0 Å². The van der Waals surface area contributed by atoms with Crippen molar-refractivity contribution in [1.82, 2.24) is 0 Å². The molecule has 0 radical (unpaired) electrons. The quantitative estimate of drug-likeness (QED) is 0.482. The summed E-state index contributed by atoms with van der Waals surface area (Å²) in [6, 6.07) is 0. The van der Waals surface area contributed by atoms with Gasteiger partial charge in [0.05, 0.1) is 13.2 Å². The lowest BCUT2D eigenvalue weighted by molar-refractivity contribution is -0.166. The summed E-state index contributed by atoms with van der Waals surface area (Å²) in [4.78, 5) is 46.3. The minimum atomic E-state index is -1.37. The van der Waals surface area contributed by atoms with Crippen molar-refractivity contribution in [2.75, 3.05) is 13.2 Å². The third-order valence-corrected chi connectivity index (χ3v) is 2.51. The third-order valence-electron chi connectivity index (χ3n) is 2.51. The molecule has 0 saturated carbocycles. The zero-order chi connectivity index (χ0) is 15.0. The Morgan fingerprint density at radius 1 is 0.895 bits per heavy atom. The van der Waals surface area contributed by atoms with Gasteiger partial charge in [-0.3, -0.25) is 14.4 Å². The third kappa shape index (κ3) is 5.63. The number of esters is 2. The standard InChI is InChI=1S/C13H20O6/c1-5-18-12(16)11(13(17)19-6-2)10(9(4)15)7-8(3)14/h10-11H,5-7H2,1-4H3. The van der Waals surface area contributed by atoms with Crippen molar-refractivity contribution in [2.24, 2.45) is 11.8 Å². The van der Waals surface area contributed by atoms with E-state index in [0.29, 0.717) is 0 Å². The van der Waals surface area contributed by atoms with Crippen molar-refractivity contribution in [3.8, 4) is 0 Å². The molecule has 0 heterocycles. The van der Waals surface area contributed by atoms with Gasteiger partial charge in [-0.05, 0) is 27.7 Å². The van der Waals surface area contributed by atoms with E-state index in [1.807, 2.05) is 0 Å². The second-order valence-corrected chi connectivity index (χ2v) is 4.11. The normalized spacial score (nSPS) is 11.8. The Balaban J connectivity index is 5.25. The zero-order valence-electron chi connectivity index (χ0n) is 11.7. The molecule has 0 rings (SSSR count). The smallest absolute Gasteiger partial charge is 0.321 e. The molecule has 6 heteroatoms. The van der Waals surface area contributed by atoms with Crippen LogP contribution in [0.2, 0.25) is 0 Å². The van der Waals surface area contributed by atoms with Crippen LogP contribution in [0.3, 0.4) is 0 Å². The second-order valence-electron chi connectivity index (χ2n) is 4.11. The summed E-state index contributed by atoms with van der Waals surface area (Å²) in [7, 11) is 0. The Morgan fingerprint density at radius 3 is 1.58 bits per heavy atom. The summed E-state index contributed by atoms with van der Waals surface area (Å²) in [5.41, 5.74) is 0. The maximum absolute atomic E-state index is 11.8. The molecule has 108 valence electrons. The van der Waals surface area contributed by atoms with Crippen molar-refractivity contribution in [2.45, 2.75) is 34.1 Å². The molecule has 0 spiro atoms. The summed E-state index contributed by atoms with van der Waals surface area (Å²) >= 11 is 0. The van der Waals surface area contributed by atoms with Crippen LogP contribution in [-0.4, -0.2) is 36.7 Å². The monoisotopic (exact) mass is 272 g/mol. The Labute approximate surface area is 112 Å². The number of hydrogen-bond donors (Lipinski definition) is 0. The fourth-order valence-corrected chi connectivity index (χ4v) is 1.69. The van der Waals surface area contributed by atoms with Crippen LogP contribution < -0.4 is 0 Å². The average molecular weight is 272 g/mol. The van der Waals surface area contributed by atoms with E-state index in [2.05, 4.69) is 0 Å². The highest BCUT2D eigenvalue weighted by Gasteiger charge is 2.40. The Bertz CT molecular complexity index is 342. The van der Waals surface area contributed by atoms with E-state index in [0.717, 1.165) is 0 Å². The van der Waals surface area contributed by atoms with Crippen LogP contribution in [0.25, 0.3) is 0 Å². The van der Waals surface area contributed by atoms with Crippen LogP contribution >= 0.6 is 0 Å². The Hall–Kier alpha value is -1.72. The van der Waals surface area contributed by atoms with Crippen LogP contribution in [0.1, 0.15) is 34.1 Å². The fourth-order valence-electron chi connectivity index (χ4n) is 1.69. The van der Waals surface area contributed by atoms with Crippen molar-refractivity contribution in [3.63, 3.8) is 0 Å². The first-order valence-corrected chi connectivity index (χ1v) is 6.18. The molecule has 0 N–H and O–H groups in total. The molecule has 6 nitrogen and oxygen atoms in total. The van der Waals surface area contributed by atoms with Crippen molar-refractivity contribution >= 4 is 23.5 Å². The minimum absolute atomic E-state index is 0.0828. The molecule has 0 amide bonds. The molecule has 1 unspecified atom stereocenters. The molecule has 0 aromatic heterocycles. The van der Waals surface area contributed by atoms with Gasteiger partial charge >= 0.3 is 11.9 Å². The predicted molar refractivity (Wildman–Crippen MR) is 66.2 cm³/mol. The van der Waals surface area contributed by atoms with Crippen LogP contribution in [0.15, 0.2) is 0 Å². The van der Waals surface area contributed by atoms with Gasteiger partial charge in [0.1, 0.15) is 11.6 Å². The first-order valence-electron chi connectivity index (χ1n) is 6.18. The highest BCUT2D eigenvalue weighted by atomic mass is 16.6. The van der Waals surface area contributed by atoms with E-state index in [1.54, 1.807) is 13.8 Å². The number of rotatable bonds is 8. The number of Topliss-reactive ketones (excluding diaryl/α,β-unsaturated/α-hetero) is 2. The molecule has 19 heavy (non-hydrogen) atoms. The lowest BCUT2D eigenvalue weighted by atomic mass is 9.85. The molecule has 0 fully saturated rings. The number of ketones is 2. The second kappa shape index (κ2) is 8.39. The van der Waals surface area contributed by atoms with Gasteiger partial charge in [-0.1, -0.05) is 0 Å². The molecule has 0 aromatic carbocycles. The largest absolute Gasteiger partial charge is 0.465 e. The lowest BCUT2D eigenvalue weighted by Gasteiger charge is -2.21. The van der Waals surface area contributed by atoms with Gasteiger partial charge in [-0.15, -0.1) is 0 Å². The molecule has 1 atom stereocenters. The van der Waals surface area contributed by atoms with Gasteiger partial charge in [0, 0.05) is 12.3 Å². The zero-order valence-corrected chi connectivity index (χ0v) is 11.7. The summed E-state index contributed by atoms with van der Waals surface area (Å²) in [5.74, 6) is -4.76.